The van der Waals surface area contributed by atoms with E-state index >= 15 is 0 Å². The number of rotatable bonds is 5. The predicted molar refractivity (Wildman–Crippen MR) is 98.6 cm³/mol. The summed E-state index contributed by atoms with van der Waals surface area (Å²) in [5.74, 6) is -0.154. The van der Waals surface area contributed by atoms with Crippen LogP contribution in [0, 0.1) is 0 Å². The Morgan fingerprint density at radius 2 is 1.57 bits per heavy atom. The Morgan fingerprint density at radius 3 is 2.13 bits per heavy atom. The van der Waals surface area contributed by atoms with Gasteiger partial charge in [-0.25, -0.2) is 5.43 Å². The number of hydrazone groups is 1. The van der Waals surface area contributed by atoms with Crippen LogP contribution in [-0.4, -0.2) is 16.9 Å². The first kappa shape index (κ1) is 17.9. The maximum absolute atomic E-state index is 12.1. The van der Waals surface area contributed by atoms with Gasteiger partial charge in [0.15, 0.2) is 0 Å². The minimum atomic E-state index is -0.266. The molecule has 1 N–H and O–H groups in total. The minimum absolute atomic E-state index is 0.154. The van der Waals surface area contributed by atoms with Gasteiger partial charge in [0.1, 0.15) is 0 Å². The van der Waals surface area contributed by atoms with Crippen LogP contribution in [0.4, 0.5) is 0 Å². The van der Waals surface area contributed by atoms with Gasteiger partial charge in [-0.2, -0.15) is 5.10 Å². The van der Waals surface area contributed by atoms with Crippen LogP contribution in [-0.2, 0) is 4.79 Å². The number of thioether (sulfide) groups is 1. The van der Waals surface area contributed by atoms with Crippen molar-refractivity contribution in [3.63, 3.8) is 0 Å². The highest BCUT2D eigenvalue weighted by Crippen LogP contribution is 2.24. The molecule has 2 rings (SSSR count). The summed E-state index contributed by atoms with van der Waals surface area (Å²) in [5, 5.41) is 5.22. The Balaban J connectivity index is 1.93. The summed E-state index contributed by atoms with van der Waals surface area (Å²) in [6, 6.07) is 14.7. The van der Waals surface area contributed by atoms with Crippen LogP contribution in [0.3, 0.4) is 0 Å². The quantitative estimate of drug-likeness (QED) is 0.458. The van der Waals surface area contributed by atoms with Crippen LogP contribution in [0.15, 0.2) is 58.5 Å². The van der Waals surface area contributed by atoms with Crippen molar-refractivity contribution in [1.82, 2.24) is 5.43 Å². The molecule has 6 heteroatoms. The van der Waals surface area contributed by atoms with Gasteiger partial charge in [0, 0.05) is 14.9 Å². The number of nitrogens with zero attached hydrogens (tertiary/aromatic N) is 1. The third kappa shape index (κ3) is 5.57. The van der Waals surface area contributed by atoms with Gasteiger partial charge in [0.25, 0.3) is 5.91 Å². The zero-order valence-corrected chi connectivity index (χ0v) is 15.0. The van der Waals surface area contributed by atoms with Gasteiger partial charge >= 0.3 is 0 Å². The fourth-order valence-electron chi connectivity index (χ4n) is 1.76. The molecule has 0 radical (unpaired) electrons. The molecule has 0 saturated carbocycles. The zero-order chi connectivity index (χ0) is 16.8. The second-order valence-electron chi connectivity index (χ2n) is 4.89. The second kappa shape index (κ2) is 8.39. The lowest BCUT2D eigenvalue weighted by molar-refractivity contribution is -0.120. The first-order chi connectivity index (χ1) is 11.0. The van der Waals surface area contributed by atoms with Gasteiger partial charge in [-0.05, 0) is 55.8 Å². The van der Waals surface area contributed by atoms with Crippen molar-refractivity contribution < 1.29 is 4.79 Å². The van der Waals surface area contributed by atoms with Crippen LogP contribution in [0.2, 0.25) is 10.0 Å². The summed E-state index contributed by atoms with van der Waals surface area (Å²) in [5.41, 5.74) is 4.23. The Morgan fingerprint density at radius 1 is 1.04 bits per heavy atom. The van der Waals surface area contributed by atoms with E-state index in [0.717, 1.165) is 16.2 Å². The lowest BCUT2D eigenvalue weighted by atomic mass is 10.1. The maximum Gasteiger partial charge on any atom is 0.253 e. The zero-order valence-electron chi connectivity index (χ0n) is 12.7. The van der Waals surface area contributed by atoms with Crippen molar-refractivity contribution >= 4 is 46.6 Å². The number of nitrogens with one attached hydrogen (secondary N) is 1. The Bertz CT molecular complexity index is 700. The highest BCUT2D eigenvalue weighted by molar-refractivity contribution is 8.00. The molecule has 2 aromatic rings. The number of amides is 1. The van der Waals surface area contributed by atoms with E-state index in [9.17, 15) is 4.79 Å². The molecule has 0 aliphatic heterocycles. The molecule has 1 atom stereocenters. The Kier molecular flexibility index (Phi) is 6.51. The molecule has 1 amide bonds. The molecule has 120 valence electrons. The lowest BCUT2D eigenvalue weighted by Crippen LogP contribution is -2.27. The summed E-state index contributed by atoms with van der Waals surface area (Å²) < 4.78 is 0. The van der Waals surface area contributed by atoms with Gasteiger partial charge in [-0.3, -0.25) is 4.79 Å². The average Bonchev–Trinajstić information content (AvgIpc) is 2.55. The van der Waals surface area contributed by atoms with Crippen LogP contribution in [0.5, 0.6) is 0 Å². The van der Waals surface area contributed by atoms with Gasteiger partial charge in [-0.1, -0.05) is 35.3 Å². The van der Waals surface area contributed by atoms with E-state index in [0.29, 0.717) is 10.0 Å². The van der Waals surface area contributed by atoms with E-state index in [2.05, 4.69) is 10.5 Å². The fraction of sp³-hybridized carbons (Fsp3) is 0.176. The van der Waals surface area contributed by atoms with Crippen molar-refractivity contribution in [1.29, 1.82) is 0 Å². The average molecular weight is 367 g/mol. The molecule has 2 aromatic carbocycles. The largest absolute Gasteiger partial charge is 0.272 e. The molecule has 0 fully saturated rings. The Hall–Kier alpha value is -1.49. The molecule has 0 spiro atoms. The summed E-state index contributed by atoms with van der Waals surface area (Å²) in [7, 11) is 0. The molecule has 0 saturated heterocycles. The number of hydrogen-bond acceptors (Lipinski definition) is 3. The van der Waals surface area contributed by atoms with E-state index in [1.54, 1.807) is 24.3 Å². The van der Waals surface area contributed by atoms with Gasteiger partial charge in [0.05, 0.1) is 11.0 Å². The predicted octanol–water partition coefficient (Wildman–Crippen LogP) is 5.01. The van der Waals surface area contributed by atoms with Gasteiger partial charge in [0.2, 0.25) is 0 Å². The molecule has 0 aliphatic rings. The summed E-state index contributed by atoms with van der Waals surface area (Å²) in [6.07, 6.45) is 0. The van der Waals surface area contributed by atoms with Gasteiger partial charge < -0.3 is 0 Å². The third-order valence-corrected chi connectivity index (χ3v) is 4.71. The first-order valence-electron chi connectivity index (χ1n) is 6.98. The number of halogens is 2. The molecule has 0 bridgehead atoms. The molecular formula is C17H16Cl2N2OS. The monoisotopic (exact) mass is 366 g/mol. The number of hydrogen-bond donors (Lipinski definition) is 1. The Labute approximate surface area is 150 Å². The SMILES string of the molecule is C/C(=N/NC(=O)[C@H](C)Sc1ccc(Cl)cc1)c1ccc(Cl)cc1. The molecule has 0 unspecified atom stereocenters. The minimum Gasteiger partial charge on any atom is -0.272 e. The first-order valence-corrected chi connectivity index (χ1v) is 8.61. The van der Waals surface area contributed by atoms with E-state index < -0.39 is 0 Å². The van der Waals surface area contributed by atoms with Crippen molar-refractivity contribution in [3.05, 3.63) is 64.1 Å². The van der Waals surface area contributed by atoms with Crippen molar-refractivity contribution in [2.75, 3.05) is 0 Å². The maximum atomic E-state index is 12.1. The molecule has 3 nitrogen and oxygen atoms in total. The highest BCUT2D eigenvalue weighted by atomic mass is 35.5. The van der Waals surface area contributed by atoms with Crippen LogP contribution in [0.25, 0.3) is 0 Å². The number of carbonyl (C=O) groups is 1. The van der Waals surface area contributed by atoms with Crippen LogP contribution < -0.4 is 5.43 Å². The van der Waals surface area contributed by atoms with Crippen LogP contribution in [0.1, 0.15) is 19.4 Å². The lowest BCUT2D eigenvalue weighted by Gasteiger charge is -2.10. The molecular weight excluding hydrogens is 351 g/mol. The standard InChI is InChI=1S/C17H16Cl2N2OS/c1-11(13-3-5-14(18)6-4-13)20-21-17(22)12(2)23-16-9-7-15(19)8-10-16/h3-10,12H,1-2H3,(H,21,22)/b20-11-/t12-/m0/s1. The fourth-order valence-corrected chi connectivity index (χ4v) is 2.87. The van der Waals surface area contributed by atoms with E-state index in [-0.39, 0.29) is 11.2 Å². The topological polar surface area (TPSA) is 41.5 Å². The normalized spacial score (nSPS) is 12.8. The summed E-state index contributed by atoms with van der Waals surface area (Å²) in [4.78, 5) is 13.1. The van der Waals surface area contributed by atoms with Crippen molar-refractivity contribution in [3.8, 4) is 0 Å². The smallest absolute Gasteiger partial charge is 0.253 e. The molecule has 0 heterocycles. The number of carbonyl (C=O) groups excluding carboxylic acids is 1. The van der Waals surface area contributed by atoms with Crippen molar-refractivity contribution in [2.45, 2.75) is 24.0 Å². The highest BCUT2D eigenvalue weighted by Gasteiger charge is 2.14. The molecule has 0 aromatic heterocycles. The third-order valence-electron chi connectivity index (χ3n) is 3.09. The molecule has 0 aliphatic carbocycles. The van der Waals surface area contributed by atoms with Crippen molar-refractivity contribution in [2.24, 2.45) is 5.10 Å². The number of benzene rings is 2. The summed E-state index contributed by atoms with van der Waals surface area (Å²) >= 11 is 13.2. The summed E-state index contributed by atoms with van der Waals surface area (Å²) in [6.45, 7) is 3.67. The van der Waals surface area contributed by atoms with Crippen LogP contribution >= 0.6 is 35.0 Å². The van der Waals surface area contributed by atoms with E-state index in [1.165, 1.54) is 11.8 Å². The second-order valence-corrected chi connectivity index (χ2v) is 7.18. The van der Waals surface area contributed by atoms with E-state index in [4.69, 9.17) is 23.2 Å². The molecule has 23 heavy (non-hydrogen) atoms. The van der Waals surface area contributed by atoms with Gasteiger partial charge in [-0.15, -0.1) is 11.8 Å². The van der Waals surface area contributed by atoms with E-state index in [1.807, 2.05) is 38.1 Å².